The standard InChI is InChI=1S/C39H28N2/c1-39(2)31-16-10-18-36-38(31)41(34-22-20-28(24-32(34)39)26-13-7-4-8-14-26)35-17-9-15-29-30-23-27(25-11-5-3-6-12-25)19-21-33(30)40(36)37(29)35/h3-24H,1-2H3. The molecule has 0 radical (unpaired) electrons. The molecule has 0 saturated carbocycles. The van der Waals surface area contributed by atoms with E-state index in [0.29, 0.717) is 0 Å². The van der Waals surface area contributed by atoms with Crippen LogP contribution in [0.4, 0.5) is 17.1 Å². The monoisotopic (exact) mass is 524 g/mol. The fourth-order valence-electron chi connectivity index (χ4n) is 7.30. The minimum atomic E-state index is -0.156. The fourth-order valence-corrected chi connectivity index (χ4v) is 7.30. The predicted molar refractivity (Wildman–Crippen MR) is 172 cm³/mol. The van der Waals surface area contributed by atoms with E-state index < -0.39 is 0 Å². The second kappa shape index (κ2) is 7.99. The number of anilines is 3. The highest BCUT2D eigenvalue weighted by Crippen LogP contribution is 2.58. The summed E-state index contributed by atoms with van der Waals surface area (Å²) in [6.45, 7) is 4.76. The highest BCUT2D eigenvalue weighted by atomic mass is 15.2. The van der Waals surface area contributed by atoms with Gasteiger partial charge in [0.1, 0.15) is 0 Å². The maximum absolute atomic E-state index is 2.53. The summed E-state index contributed by atoms with van der Waals surface area (Å²) in [5.41, 5.74) is 15.1. The van der Waals surface area contributed by atoms with Gasteiger partial charge in [-0.3, -0.25) is 0 Å². The third-order valence-electron chi connectivity index (χ3n) is 9.28. The second-order valence-corrected chi connectivity index (χ2v) is 11.8. The van der Waals surface area contributed by atoms with Crippen LogP contribution in [0.3, 0.4) is 0 Å². The van der Waals surface area contributed by atoms with Gasteiger partial charge in [0.05, 0.1) is 33.8 Å². The average molecular weight is 525 g/mol. The Kier molecular flexibility index (Phi) is 4.42. The van der Waals surface area contributed by atoms with Gasteiger partial charge in [-0.25, -0.2) is 0 Å². The summed E-state index contributed by atoms with van der Waals surface area (Å²) in [5, 5.41) is 2.58. The Labute approximate surface area is 239 Å². The van der Waals surface area contributed by atoms with Crippen molar-refractivity contribution < 1.29 is 0 Å². The summed E-state index contributed by atoms with van der Waals surface area (Å²) in [5.74, 6) is 0. The summed E-state index contributed by atoms with van der Waals surface area (Å²) in [6, 6.07) is 49.1. The molecule has 6 aromatic carbocycles. The molecule has 2 nitrogen and oxygen atoms in total. The van der Waals surface area contributed by atoms with Crippen LogP contribution in [0.15, 0.2) is 133 Å². The summed E-state index contributed by atoms with van der Waals surface area (Å²) < 4.78 is 2.50. The minimum Gasteiger partial charge on any atom is -0.306 e. The molecule has 0 unspecified atom stereocenters. The Balaban J connectivity index is 1.36. The molecule has 7 aromatic rings. The van der Waals surface area contributed by atoms with Crippen LogP contribution in [0.2, 0.25) is 0 Å². The predicted octanol–water partition coefficient (Wildman–Crippen LogP) is 10.5. The highest BCUT2D eigenvalue weighted by Gasteiger charge is 2.41. The number of para-hydroxylation sites is 2. The van der Waals surface area contributed by atoms with Gasteiger partial charge < -0.3 is 9.47 Å². The topological polar surface area (TPSA) is 8.17 Å². The maximum Gasteiger partial charge on any atom is 0.0783 e. The van der Waals surface area contributed by atoms with E-state index in [4.69, 9.17) is 0 Å². The third-order valence-corrected chi connectivity index (χ3v) is 9.28. The Hall–Kier alpha value is -5.08. The molecule has 2 aliphatic heterocycles. The molecule has 0 spiro atoms. The lowest BCUT2D eigenvalue weighted by Crippen LogP contribution is -2.33. The summed E-state index contributed by atoms with van der Waals surface area (Å²) in [7, 11) is 0. The van der Waals surface area contributed by atoms with Crippen LogP contribution in [0, 0.1) is 0 Å². The molecular formula is C39H28N2. The van der Waals surface area contributed by atoms with Crippen molar-refractivity contribution in [1.82, 2.24) is 4.57 Å². The molecule has 1 aromatic heterocycles. The van der Waals surface area contributed by atoms with E-state index in [-0.39, 0.29) is 5.41 Å². The van der Waals surface area contributed by atoms with Gasteiger partial charge in [-0.2, -0.15) is 0 Å². The average Bonchev–Trinajstić information content (AvgIpc) is 3.36. The fraction of sp³-hybridized carbons (Fsp3) is 0.0769. The van der Waals surface area contributed by atoms with Crippen molar-refractivity contribution in [2.24, 2.45) is 0 Å². The van der Waals surface area contributed by atoms with Crippen molar-refractivity contribution in [3.63, 3.8) is 0 Å². The van der Waals surface area contributed by atoms with Crippen LogP contribution < -0.4 is 4.90 Å². The molecule has 0 atom stereocenters. The molecule has 41 heavy (non-hydrogen) atoms. The zero-order valence-corrected chi connectivity index (χ0v) is 23.1. The normalized spacial score (nSPS) is 14.2. The lowest BCUT2D eigenvalue weighted by atomic mass is 9.72. The van der Waals surface area contributed by atoms with Crippen LogP contribution in [0.1, 0.15) is 25.0 Å². The quantitative estimate of drug-likeness (QED) is 0.218. The van der Waals surface area contributed by atoms with Crippen molar-refractivity contribution >= 4 is 38.9 Å². The summed E-state index contributed by atoms with van der Waals surface area (Å²) in [4.78, 5) is 2.53. The van der Waals surface area contributed by atoms with Crippen LogP contribution in [0.25, 0.3) is 49.7 Å². The van der Waals surface area contributed by atoms with E-state index in [2.05, 4.69) is 157 Å². The molecule has 0 saturated heterocycles. The largest absolute Gasteiger partial charge is 0.306 e. The molecule has 2 aliphatic rings. The van der Waals surface area contributed by atoms with Gasteiger partial charge in [0.15, 0.2) is 0 Å². The first kappa shape index (κ1) is 22.7. The van der Waals surface area contributed by atoms with E-state index >= 15 is 0 Å². The molecule has 0 bridgehead atoms. The van der Waals surface area contributed by atoms with E-state index in [1.807, 2.05) is 0 Å². The number of nitrogens with zero attached hydrogens (tertiary/aromatic N) is 2. The van der Waals surface area contributed by atoms with Gasteiger partial charge in [0.25, 0.3) is 0 Å². The van der Waals surface area contributed by atoms with Gasteiger partial charge in [-0.15, -0.1) is 0 Å². The van der Waals surface area contributed by atoms with Crippen LogP contribution in [-0.2, 0) is 5.41 Å². The van der Waals surface area contributed by atoms with E-state index in [1.165, 1.54) is 77.9 Å². The van der Waals surface area contributed by atoms with Crippen LogP contribution in [0.5, 0.6) is 0 Å². The number of aromatic nitrogens is 1. The lowest BCUT2D eigenvalue weighted by Gasteiger charge is -2.45. The molecule has 0 amide bonds. The first-order chi connectivity index (χ1) is 20.1. The molecule has 3 heterocycles. The number of rotatable bonds is 2. The first-order valence-electron chi connectivity index (χ1n) is 14.4. The van der Waals surface area contributed by atoms with Crippen LogP contribution in [-0.4, -0.2) is 4.57 Å². The van der Waals surface area contributed by atoms with Gasteiger partial charge in [0, 0.05) is 16.2 Å². The SMILES string of the molecule is CC1(C)c2cc(-c3ccccc3)ccc2N2c3c(cccc31)-n1c3ccc(-c4ccccc4)cc3c3cccc2c31. The summed E-state index contributed by atoms with van der Waals surface area (Å²) in [6.07, 6.45) is 0. The molecule has 0 aliphatic carbocycles. The van der Waals surface area contributed by atoms with Gasteiger partial charge in [-0.05, 0) is 69.8 Å². The number of hydrogen-bond donors (Lipinski definition) is 0. The number of benzene rings is 6. The van der Waals surface area contributed by atoms with Crippen molar-refractivity contribution in [2.45, 2.75) is 19.3 Å². The Morgan fingerprint density at radius 2 is 1.12 bits per heavy atom. The lowest BCUT2D eigenvalue weighted by molar-refractivity contribution is 0.631. The Morgan fingerprint density at radius 1 is 0.463 bits per heavy atom. The van der Waals surface area contributed by atoms with E-state index in [9.17, 15) is 0 Å². The zero-order valence-electron chi connectivity index (χ0n) is 23.1. The molecule has 2 heteroatoms. The van der Waals surface area contributed by atoms with Crippen molar-refractivity contribution in [1.29, 1.82) is 0 Å². The van der Waals surface area contributed by atoms with Gasteiger partial charge in [0.2, 0.25) is 0 Å². The van der Waals surface area contributed by atoms with Crippen molar-refractivity contribution in [3.05, 3.63) is 145 Å². The van der Waals surface area contributed by atoms with E-state index in [0.717, 1.165) is 0 Å². The number of fused-ring (bicyclic) bond motifs is 7. The maximum atomic E-state index is 2.53. The number of hydrogen-bond acceptors (Lipinski definition) is 1. The first-order valence-corrected chi connectivity index (χ1v) is 14.4. The van der Waals surface area contributed by atoms with Crippen molar-refractivity contribution in [2.75, 3.05) is 4.90 Å². The van der Waals surface area contributed by atoms with Gasteiger partial charge >= 0.3 is 0 Å². The molecule has 0 fully saturated rings. The molecule has 0 N–H and O–H groups in total. The summed E-state index contributed by atoms with van der Waals surface area (Å²) >= 11 is 0. The van der Waals surface area contributed by atoms with Gasteiger partial charge in [-0.1, -0.05) is 111 Å². The second-order valence-electron chi connectivity index (χ2n) is 11.8. The smallest absolute Gasteiger partial charge is 0.0783 e. The van der Waals surface area contributed by atoms with E-state index in [1.54, 1.807) is 0 Å². The molecule has 194 valence electrons. The zero-order chi connectivity index (χ0) is 27.3. The van der Waals surface area contributed by atoms with Crippen molar-refractivity contribution in [3.8, 4) is 27.9 Å². The molecule has 9 rings (SSSR count). The third kappa shape index (κ3) is 2.97. The molecular weight excluding hydrogens is 496 g/mol. The Bertz CT molecular complexity index is 2170. The highest BCUT2D eigenvalue weighted by molar-refractivity contribution is 6.18. The van der Waals surface area contributed by atoms with Crippen LogP contribution >= 0.6 is 0 Å². The Morgan fingerprint density at radius 3 is 1.88 bits per heavy atom. The minimum absolute atomic E-state index is 0.156.